The van der Waals surface area contributed by atoms with Crippen LogP contribution in [0.3, 0.4) is 0 Å². The Morgan fingerprint density at radius 1 is 1.15 bits per heavy atom. The minimum absolute atomic E-state index is 0.0226. The fraction of sp³-hybridized carbons (Fsp3) is 0.370. The highest BCUT2D eigenvalue weighted by Gasteiger charge is 2.28. The number of hydrogen-bond acceptors (Lipinski definition) is 9. The summed E-state index contributed by atoms with van der Waals surface area (Å²) in [5.41, 5.74) is 1.40. The standard InChI is InChI=1S/C27H31N5O7S/c1-27(2,3)38-26(33)28-13-18-14-29-32(16-18)15-17-11-21(37-19-9-10-19)24-22(12-17)39-30-25(24)31-40(34,35)23-8-6-5-7-20(23)36-4/h5-8,11-12,14,16,19H,9-10,13,15H2,1-4H3,(H,28,33)(H,30,31). The number of amides is 1. The average molecular weight is 570 g/mol. The number of para-hydroxylation sites is 1. The van der Waals surface area contributed by atoms with Crippen molar-refractivity contribution in [3.63, 3.8) is 0 Å². The Morgan fingerprint density at radius 2 is 1.93 bits per heavy atom. The highest BCUT2D eigenvalue weighted by atomic mass is 32.2. The molecule has 0 bridgehead atoms. The van der Waals surface area contributed by atoms with Crippen molar-refractivity contribution in [3.05, 3.63) is 59.9 Å². The number of sulfonamides is 1. The molecule has 0 aliphatic heterocycles. The number of aromatic nitrogens is 3. The molecule has 1 saturated carbocycles. The molecule has 1 amide bonds. The Balaban J connectivity index is 1.37. The maximum atomic E-state index is 13.2. The van der Waals surface area contributed by atoms with Crippen molar-refractivity contribution in [2.75, 3.05) is 11.8 Å². The molecule has 0 atom stereocenters. The number of rotatable bonds is 10. The van der Waals surface area contributed by atoms with Gasteiger partial charge in [0.25, 0.3) is 10.0 Å². The minimum Gasteiger partial charge on any atom is -0.495 e. The van der Waals surface area contributed by atoms with Crippen LogP contribution < -0.4 is 19.5 Å². The lowest BCUT2D eigenvalue weighted by Gasteiger charge is -2.19. The minimum atomic E-state index is -4.03. The van der Waals surface area contributed by atoms with E-state index in [0.29, 0.717) is 23.3 Å². The van der Waals surface area contributed by atoms with E-state index in [1.54, 1.807) is 55.9 Å². The van der Waals surface area contributed by atoms with E-state index in [1.165, 1.54) is 13.2 Å². The van der Waals surface area contributed by atoms with Crippen LogP contribution in [0.4, 0.5) is 10.6 Å². The molecule has 4 aromatic rings. The predicted molar refractivity (Wildman–Crippen MR) is 146 cm³/mol. The van der Waals surface area contributed by atoms with Gasteiger partial charge in [-0.3, -0.25) is 9.40 Å². The van der Waals surface area contributed by atoms with E-state index in [1.807, 2.05) is 12.3 Å². The molecule has 0 unspecified atom stereocenters. The number of nitrogens with one attached hydrogen (secondary N) is 2. The Kier molecular flexibility index (Phi) is 7.32. The van der Waals surface area contributed by atoms with Crippen LogP contribution in [0.1, 0.15) is 44.7 Å². The largest absolute Gasteiger partial charge is 0.495 e. The van der Waals surface area contributed by atoms with Crippen molar-refractivity contribution >= 4 is 32.9 Å². The van der Waals surface area contributed by atoms with E-state index in [0.717, 1.165) is 24.0 Å². The molecule has 5 rings (SSSR count). The topological polar surface area (TPSA) is 147 Å². The molecule has 2 aromatic carbocycles. The lowest BCUT2D eigenvalue weighted by atomic mass is 10.1. The van der Waals surface area contributed by atoms with Gasteiger partial charge in [-0.1, -0.05) is 17.3 Å². The van der Waals surface area contributed by atoms with Crippen LogP contribution in [0.15, 0.2) is 58.2 Å². The Hall–Kier alpha value is -4.26. The van der Waals surface area contributed by atoms with E-state index in [2.05, 4.69) is 20.3 Å². The molecule has 12 nitrogen and oxygen atoms in total. The smallest absolute Gasteiger partial charge is 0.407 e. The van der Waals surface area contributed by atoms with E-state index in [-0.39, 0.29) is 29.1 Å². The number of anilines is 1. The first-order chi connectivity index (χ1) is 19.0. The number of carbonyl (C=O) groups is 1. The number of fused-ring (bicyclic) bond motifs is 1. The third-order valence-corrected chi connectivity index (χ3v) is 7.25. The highest BCUT2D eigenvalue weighted by Crippen LogP contribution is 2.38. The molecular weight excluding hydrogens is 538 g/mol. The van der Waals surface area contributed by atoms with Crippen molar-refractivity contribution in [2.45, 2.75) is 63.3 Å². The summed E-state index contributed by atoms with van der Waals surface area (Å²) in [5.74, 6) is 0.699. The fourth-order valence-electron chi connectivity index (χ4n) is 3.99. The van der Waals surface area contributed by atoms with E-state index in [4.69, 9.17) is 18.7 Å². The number of benzene rings is 2. The Morgan fingerprint density at radius 3 is 2.65 bits per heavy atom. The molecule has 1 fully saturated rings. The monoisotopic (exact) mass is 569 g/mol. The predicted octanol–water partition coefficient (Wildman–Crippen LogP) is 4.45. The van der Waals surface area contributed by atoms with Gasteiger partial charge >= 0.3 is 6.09 Å². The van der Waals surface area contributed by atoms with Crippen LogP contribution in [0.25, 0.3) is 11.0 Å². The van der Waals surface area contributed by atoms with E-state index >= 15 is 0 Å². The summed E-state index contributed by atoms with van der Waals surface area (Å²) in [4.78, 5) is 11.9. The average Bonchev–Trinajstić information content (AvgIpc) is 3.44. The van der Waals surface area contributed by atoms with Crippen LogP contribution in [-0.4, -0.2) is 48.3 Å². The molecule has 2 aromatic heterocycles. The highest BCUT2D eigenvalue weighted by molar-refractivity contribution is 7.92. The quantitative estimate of drug-likeness (QED) is 0.283. The number of methoxy groups -OCH3 is 1. The van der Waals surface area contributed by atoms with Gasteiger partial charge in [0.15, 0.2) is 11.4 Å². The molecule has 0 spiro atoms. The maximum absolute atomic E-state index is 13.2. The number of ether oxygens (including phenoxy) is 3. The first kappa shape index (κ1) is 27.3. The molecule has 13 heteroatoms. The molecule has 1 aliphatic carbocycles. The normalized spacial score (nSPS) is 13.7. The van der Waals surface area contributed by atoms with Crippen molar-refractivity contribution in [2.24, 2.45) is 0 Å². The molecule has 0 radical (unpaired) electrons. The summed E-state index contributed by atoms with van der Waals surface area (Å²) >= 11 is 0. The van der Waals surface area contributed by atoms with Gasteiger partial charge in [0.1, 0.15) is 27.4 Å². The lowest BCUT2D eigenvalue weighted by molar-refractivity contribution is 0.0523. The van der Waals surface area contributed by atoms with Gasteiger partial charge in [0, 0.05) is 18.3 Å². The van der Waals surface area contributed by atoms with Gasteiger partial charge in [-0.2, -0.15) is 5.10 Å². The summed E-state index contributed by atoms with van der Waals surface area (Å²) < 4.78 is 52.8. The second-order valence-corrected chi connectivity index (χ2v) is 12.1. The Labute approximate surface area is 231 Å². The van der Waals surface area contributed by atoms with Crippen molar-refractivity contribution in [1.29, 1.82) is 0 Å². The molecule has 212 valence electrons. The molecular formula is C27H31N5O7S. The van der Waals surface area contributed by atoms with Crippen LogP contribution in [0, 0.1) is 0 Å². The molecule has 40 heavy (non-hydrogen) atoms. The molecule has 2 heterocycles. The second-order valence-electron chi connectivity index (χ2n) is 10.5. The fourth-order valence-corrected chi connectivity index (χ4v) is 5.17. The zero-order valence-corrected chi connectivity index (χ0v) is 23.4. The summed E-state index contributed by atoms with van der Waals surface area (Å²) in [6.45, 7) is 6.05. The SMILES string of the molecule is COc1ccccc1S(=O)(=O)Nc1noc2cc(Cn3cc(CNC(=O)OC(C)(C)C)cn3)cc(OC3CC3)c12. The first-order valence-electron chi connectivity index (χ1n) is 12.7. The molecule has 0 saturated heterocycles. The third kappa shape index (κ3) is 6.47. The number of nitrogens with zero attached hydrogens (tertiary/aromatic N) is 3. The van der Waals surface area contributed by atoms with Crippen molar-refractivity contribution in [3.8, 4) is 11.5 Å². The summed E-state index contributed by atoms with van der Waals surface area (Å²) in [6.07, 6.45) is 4.84. The number of hydrogen-bond donors (Lipinski definition) is 2. The van der Waals surface area contributed by atoms with E-state index < -0.39 is 21.7 Å². The van der Waals surface area contributed by atoms with Gasteiger partial charge in [-0.05, 0) is 63.4 Å². The zero-order chi connectivity index (χ0) is 28.5. The van der Waals surface area contributed by atoms with Crippen LogP contribution in [-0.2, 0) is 27.8 Å². The van der Waals surface area contributed by atoms with Gasteiger partial charge in [0.2, 0.25) is 0 Å². The molecule has 2 N–H and O–H groups in total. The van der Waals surface area contributed by atoms with Gasteiger partial charge in [0.05, 0.1) is 26.0 Å². The van der Waals surface area contributed by atoms with E-state index in [9.17, 15) is 13.2 Å². The first-order valence-corrected chi connectivity index (χ1v) is 14.2. The van der Waals surface area contributed by atoms with Crippen LogP contribution >= 0.6 is 0 Å². The number of carbonyl (C=O) groups excluding carboxylic acids is 1. The van der Waals surface area contributed by atoms with Crippen LogP contribution in [0.5, 0.6) is 11.5 Å². The van der Waals surface area contributed by atoms with Gasteiger partial charge in [-0.15, -0.1) is 0 Å². The lowest BCUT2D eigenvalue weighted by Crippen LogP contribution is -2.32. The van der Waals surface area contributed by atoms with Gasteiger partial charge in [-0.25, -0.2) is 13.2 Å². The summed E-state index contributed by atoms with van der Waals surface area (Å²) in [5, 5.41) is 11.5. The van der Waals surface area contributed by atoms with Crippen LogP contribution in [0.2, 0.25) is 0 Å². The zero-order valence-electron chi connectivity index (χ0n) is 22.6. The Bertz CT molecular complexity index is 1630. The van der Waals surface area contributed by atoms with Crippen molar-refractivity contribution in [1.82, 2.24) is 20.3 Å². The van der Waals surface area contributed by atoms with Crippen molar-refractivity contribution < 1.29 is 31.9 Å². The maximum Gasteiger partial charge on any atom is 0.407 e. The third-order valence-electron chi connectivity index (χ3n) is 5.87. The van der Waals surface area contributed by atoms with Gasteiger partial charge < -0.3 is 24.1 Å². The number of alkyl carbamates (subject to hydrolysis) is 1. The molecule has 1 aliphatic rings. The summed E-state index contributed by atoms with van der Waals surface area (Å²) in [6, 6.07) is 9.91. The second kappa shape index (κ2) is 10.7. The summed E-state index contributed by atoms with van der Waals surface area (Å²) in [7, 11) is -2.63.